The molecule has 0 aromatic heterocycles. The van der Waals surface area contributed by atoms with Crippen LogP contribution in [-0.2, 0) is 4.79 Å². The first-order valence-electron chi connectivity index (χ1n) is 4.76. The Balaban J connectivity index is 2.09. The highest BCUT2D eigenvalue weighted by Crippen LogP contribution is 2.27. The Morgan fingerprint density at radius 3 is 2.58 bits per heavy atom. The molecule has 70 valence electrons. The molecule has 1 aliphatic rings. The Morgan fingerprint density at radius 1 is 1.33 bits per heavy atom. The van der Waals surface area contributed by atoms with Gasteiger partial charge in [-0.05, 0) is 12.3 Å². The molecule has 0 spiro atoms. The number of carbonyl (C=O) groups excluding carboxylic acids is 1. The number of carbonyl (C=O) groups is 1. The quantitative estimate of drug-likeness (QED) is 0.652. The molecular weight excluding hydrogens is 170 g/mol. The van der Waals surface area contributed by atoms with Gasteiger partial charge in [-0.25, -0.2) is 0 Å². The third-order valence-corrected chi connectivity index (χ3v) is 2.88. The van der Waals surface area contributed by atoms with E-state index in [4.69, 9.17) is 0 Å². The molecule has 1 N–H and O–H groups in total. The normalized spacial score (nSPS) is 19.1. The van der Waals surface area contributed by atoms with Gasteiger partial charge in [-0.15, -0.1) is 0 Å². The molecular formula is C9H17NOS. The summed E-state index contributed by atoms with van der Waals surface area (Å²) >= 11 is 3.71. The highest BCUT2D eigenvalue weighted by molar-refractivity contribution is 7.78. The van der Waals surface area contributed by atoms with E-state index in [-0.39, 0.29) is 5.91 Å². The topological polar surface area (TPSA) is 29.1 Å². The third-order valence-electron chi connectivity index (χ3n) is 2.63. The van der Waals surface area contributed by atoms with E-state index in [0.717, 1.165) is 12.3 Å². The van der Waals surface area contributed by atoms with Crippen molar-refractivity contribution in [2.75, 3.05) is 0 Å². The Bertz CT molecular complexity index is 143. The second kappa shape index (κ2) is 5.46. The SMILES string of the molecule is O=C(CCC1CCCCC1)NS. The van der Waals surface area contributed by atoms with Crippen molar-refractivity contribution in [1.29, 1.82) is 0 Å². The summed E-state index contributed by atoms with van der Waals surface area (Å²) in [5.41, 5.74) is 0. The molecule has 1 rings (SSSR count). The predicted octanol–water partition coefficient (Wildman–Crippen LogP) is 2.31. The van der Waals surface area contributed by atoms with Crippen LogP contribution in [0.15, 0.2) is 0 Å². The zero-order chi connectivity index (χ0) is 8.81. The van der Waals surface area contributed by atoms with Gasteiger partial charge in [0.2, 0.25) is 5.91 Å². The van der Waals surface area contributed by atoms with Gasteiger partial charge >= 0.3 is 0 Å². The number of rotatable bonds is 3. The van der Waals surface area contributed by atoms with Gasteiger partial charge in [0.25, 0.3) is 0 Å². The standard InChI is InChI=1S/C9H17NOS/c11-9(10-12)7-6-8-4-2-1-3-5-8/h8,12H,1-7H2,(H,10,11). The first-order chi connectivity index (χ1) is 5.83. The fourth-order valence-corrected chi connectivity index (χ4v) is 1.98. The molecule has 0 unspecified atom stereocenters. The van der Waals surface area contributed by atoms with Crippen LogP contribution in [0.2, 0.25) is 0 Å². The Labute approximate surface area is 79.7 Å². The first-order valence-corrected chi connectivity index (χ1v) is 5.20. The minimum atomic E-state index is 0.0592. The molecule has 0 heterocycles. The smallest absolute Gasteiger partial charge is 0.229 e. The van der Waals surface area contributed by atoms with Crippen molar-refractivity contribution in [3.8, 4) is 0 Å². The second-order valence-electron chi connectivity index (χ2n) is 3.58. The maximum Gasteiger partial charge on any atom is 0.229 e. The molecule has 0 aromatic rings. The van der Waals surface area contributed by atoms with Gasteiger partial charge in [0, 0.05) is 6.42 Å². The maximum absolute atomic E-state index is 10.9. The summed E-state index contributed by atoms with van der Waals surface area (Å²) < 4.78 is 2.36. The largest absolute Gasteiger partial charge is 0.303 e. The monoisotopic (exact) mass is 187 g/mol. The highest BCUT2D eigenvalue weighted by Gasteiger charge is 2.13. The fraction of sp³-hybridized carbons (Fsp3) is 0.889. The summed E-state index contributed by atoms with van der Waals surface area (Å²) in [6.45, 7) is 0. The summed E-state index contributed by atoms with van der Waals surface area (Å²) in [5.74, 6) is 0.855. The average Bonchev–Trinajstić information content (AvgIpc) is 2.16. The number of nitrogens with one attached hydrogen (secondary N) is 1. The third kappa shape index (κ3) is 3.48. The molecule has 1 amide bonds. The van der Waals surface area contributed by atoms with E-state index < -0.39 is 0 Å². The van der Waals surface area contributed by atoms with E-state index in [1.807, 2.05) is 0 Å². The number of hydrogen-bond acceptors (Lipinski definition) is 2. The summed E-state index contributed by atoms with van der Waals surface area (Å²) in [6, 6.07) is 0. The number of thiol groups is 1. The molecule has 0 atom stereocenters. The van der Waals surface area contributed by atoms with Crippen LogP contribution in [0.1, 0.15) is 44.9 Å². The molecule has 0 bridgehead atoms. The van der Waals surface area contributed by atoms with E-state index >= 15 is 0 Å². The van der Waals surface area contributed by atoms with Crippen LogP contribution in [0, 0.1) is 5.92 Å². The van der Waals surface area contributed by atoms with E-state index in [9.17, 15) is 4.79 Å². The van der Waals surface area contributed by atoms with Crippen molar-refractivity contribution in [3.05, 3.63) is 0 Å². The van der Waals surface area contributed by atoms with Crippen molar-refractivity contribution in [2.24, 2.45) is 5.92 Å². The summed E-state index contributed by atoms with van der Waals surface area (Å²) in [7, 11) is 0. The Hall–Kier alpha value is -0.180. The molecule has 1 saturated carbocycles. The number of hydrogen-bond donors (Lipinski definition) is 2. The van der Waals surface area contributed by atoms with Crippen LogP contribution in [0.5, 0.6) is 0 Å². The van der Waals surface area contributed by atoms with Gasteiger partial charge < -0.3 is 4.72 Å². The minimum absolute atomic E-state index is 0.0592. The van der Waals surface area contributed by atoms with E-state index in [2.05, 4.69) is 17.5 Å². The van der Waals surface area contributed by atoms with Gasteiger partial charge in [-0.1, -0.05) is 44.9 Å². The van der Waals surface area contributed by atoms with Crippen LogP contribution in [-0.4, -0.2) is 5.91 Å². The maximum atomic E-state index is 10.9. The Kier molecular flexibility index (Phi) is 4.51. The Morgan fingerprint density at radius 2 is 2.00 bits per heavy atom. The average molecular weight is 187 g/mol. The van der Waals surface area contributed by atoms with Crippen LogP contribution < -0.4 is 4.72 Å². The van der Waals surface area contributed by atoms with E-state index in [1.165, 1.54) is 32.1 Å². The molecule has 0 aliphatic heterocycles. The van der Waals surface area contributed by atoms with Crippen molar-refractivity contribution >= 4 is 18.7 Å². The van der Waals surface area contributed by atoms with Crippen molar-refractivity contribution in [3.63, 3.8) is 0 Å². The van der Waals surface area contributed by atoms with Gasteiger partial charge in [-0.3, -0.25) is 4.79 Å². The van der Waals surface area contributed by atoms with Crippen LogP contribution >= 0.6 is 12.8 Å². The van der Waals surface area contributed by atoms with Crippen molar-refractivity contribution < 1.29 is 4.79 Å². The lowest BCUT2D eigenvalue weighted by Crippen LogP contribution is -2.15. The van der Waals surface area contributed by atoms with Crippen molar-refractivity contribution in [1.82, 2.24) is 4.72 Å². The fourth-order valence-electron chi connectivity index (χ4n) is 1.87. The molecule has 2 nitrogen and oxygen atoms in total. The first kappa shape index (κ1) is 9.90. The van der Waals surface area contributed by atoms with Gasteiger partial charge in [0.15, 0.2) is 0 Å². The molecule has 0 aromatic carbocycles. The lowest BCUT2D eigenvalue weighted by atomic mass is 9.86. The van der Waals surface area contributed by atoms with E-state index in [0.29, 0.717) is 6.42 Å². The second-order valence-corrected chi connectivity index (χ2v) is 3.80. The van der Waals surface area contributed by atoms with E-state index in [1.54, 1.807) is 0 Å². The molecule has 1 aliphatic carbocycles. The molecule has 3 heteroatoms. The van der Waals surface area contributed by atoms with Crippen LogP contribution in [0.3, 0.4) is 0 Å². The predicted molar refractivity (Wildman–Crippen MR) is 52.9 cm³/mol. The van der Waals surface area contributed by atoms with Crippen LogP contribution in [0.25, 0.3) is 0 Å². The van der Waals surface area contributed by atoms with Gasteiger partial charge in [0.05, 0.1) is 0 Å². The summed E-state index contributed by atoms with van der Waals surface area (Å²) in [4.78, 5) is 10.9. The molecule has 1 fully saturated rings. The summed E-state index contributed by atoms with van der Waals surface area (Å²) in [6.07, 6.45) is 8.43. The minimum Gasteiger partial charge on any atom is -0.303 e. The highest BCUT2D eigenvalue weighted by atomic mass is 32.1. The van der Waals surface area contributed by atoms with Crippen molar-refractivity contribution in [2.45, 2.75) is 44.9 Å². The van der Waals surface area contributed by atoms with Gasteiger partial charge in [0.1, 0.15) is 0 Å². The number of amides is 1. The summed E-state index contributed by atoms with van der Waals surface area (Å²) in [5, 5.41) is 0. The lowest BCUT2D eigenvalue weighted by Gasteiger charge is -2.20. The zero-order valence-corrected chi connectivity index (χ0v) is 8.28. The molecule has 0 radical (unpaired) electrons. The molecule has 12 heavy (non-hydrogen) atoms. The molecule has 0 saturated heterocycles. The lowest BCUT2D eigenvalue weighted by molar-refractivity contribution is -0.119. The van der Waals surface area contributed by atoms with Gasteiger partial charge in [-0.2, -0.15) is 0 Å². The zero-order valence-electron chi connectivity index (χ0n) is 7.38. The van der Waals surface area contributed by atoms with Crippen LogP contribution in [0.4, 0.5) is 0 Å².